The van der Waals surface area contributed by atoms with Crippen molar-refractivity contribution in [3.63, 3.8) is 0 Å². The average molecular weight is 357 g/mol. The van der Waals surface area contributed by atoms with E-state index >= 15 is 0 Å². The summed E-state index contributed by atoms with van der Waals surface area (Å²) >= 11 is 0. The molecule has 0 saturated carbocycles. The first kappa shape index (κ1) is 17.2. The molecule has 2 saturated heterocycles. The van der Waals surface area contributed by atoms with Crippen molar-refractivity contribution in [3.05, 3.63) is 48.4 Å². The van der Waals surface area contributed by atoms with Gasteiger partial charge in [0.1, 0.15) is 11.9 Å². The largest absolute Gasteiger partial charge is 0.451 e. The van der Waals surface area contributed by atoms with Crippen LogP contribution in [0.15, 0.2) is 41.6 Å². The summed E-state index contributed by atoms with van der Waals surface area (Å²) in [6.07, 6.45) is 9.28. The van der Waals surface area contributed by atoms with E-state index in [1.807, 2.05) is 12.1 Å². The number of carbonyl (C=O) groups is 1. The Labute approximate surface area is 152 Å². The number of amides is 1. The molecule has 2 aromatic heterocycles. The standard InChI is InChI=1S/C19H23N3O4/c23-18(17-11-25-14-21-17)22-12-19(13-22)9-15(4-8-26-19)3-7-24-10-16-1-5-20-6-2-16/h1-2,5-6,11,14-15H,3-4,7-10,12-13H2. The first-order chi connectivity index (χ1) is 12.7. The van der Waals surface area contributed by atoms with E-state index in [4.69, 9.17) is 13.9 Å². The van der Waals surface area contributed by atoms with Crippen molar-refractivity contribution < 1.29 is 18.7 Å². The Hall–Kier alpha value is -2.25. The Morgan fingerprint density at radius 1 is 1.35 bits per heavy atom. The van der Waals surface area contributed by atoms with Gasteiger partial charge < -0.3 is 18.8 Å². The van der Waals surface area contributed by atoms with Crippen LogP contribution in [0.2, 0.25) is 0 Å². The van der Waals surface area contributed by atoms with Crippen molar-refractivity contribution in [3.8, 4) is 0 Å². The number of hydrogen-bond acceptors (Lipinski definition) is 6. The zero-order chi connectivity index (χ0) is 17.8. The second-order valence-electron chi connectivity index (χ2n) is 7.12. The molecule has 2 aliphatic heterocycles. The van der Waals surface area contributed by atoms with Gasteiger partial charge in [-0.05, 0) is 42.9 Å². The number of nitrogens with zero attached hydrogens (tertiary/aromatic N) is 3. The second-order valence-corrected chi connectivity index (χ2v) is 7.12. The van der Waals surface area contributed by atoms with E-state index in [2.05, 4.69) is 9.97 Å². The van der Waals surface area contributed by atoms with Crippen molar-refractivity contribution in [2.24, 2.45) is 5.92 Å². The second kappa shape index (κ2) is 7.55. The molecule has 1 spiro atoms. The van der Waals surface area contributed by atoms with Crippen LogP contribution in [0.3, 0.4) is 0 Å². The summed E-state index contributed by atoms with van der Waals surface area (Å²) in [7, 11) is 0. The predicted molar refractivity (Wildman–Crippen MR) is 92.3 cm³/mol. The Balaban J connectivity index is 1.21. The third kappa shape index (κ3) is 3.78. The van der Waals surface area contributed by atoms with E-state index in [0.717, 1.165) is 38.0 Å². The van der Waals surface area contributed by atoms with Gasteiger partial charge in [0, 0.05) is 25.6 Å². The molecule has 0 N–H and O–H groups in total. The van der Waals surface area contributed by atoms with Gasteiger partial charge in [-0.2, -0.15) is 0 Å². The number of rotatable bonds is 6. The van der Waals surface area contributed by atoms with Gasteiger partial charge in [-0.25, -0.2) is 4.98 Å². The molecule has 1 atom stereocenters. The normalized spacial score (nSPS) is 21.5. The summed E-state index contributed by atoms with van der Waals surface area (Å²) in [5.74, 6) is 0.487. The number of pyridine rings is 1. The van der Waals surface area contributed by atoms with Gasteiger partial charge in [0.25, 0.3) is 5.91 Å². The Morgan fingerprint density at radius 3 is 2.96 bits per heavy atom. The average Bonchev–Trinajstić information content (AvgIpc) is 3.18. The number of oxazole rings is 1. The fourth-order valence-electron chi connectivity index (χ4n) is 3.79. The summed E-state index contributed by atoms with van der Waals surface area (Å²) in [4.78, 5) is 22.0. The lowest BCUT2D eigenvalue weighted by Crippen LogP contribution is -2.66. The van der Waals surface area contributed by atoms with Gasteiger partial charge in [-0.3, -0.25) is 9.78 Å². The van der Waals surface area contributed by atoms with Crippen LogP contribution < -0.4 is 0 Å². The fraction of sp³-hybridized carbons (Fsp3) is 0.526. The van der Waals surface area contributed by atoms with Crippen LogP contribution in [0.1, 0.15) is 35.3 Å². The molecule has 0 bridgehead atoms. The van der Waals surface area contributed by atoms with Gasteiger partial charge in [0.15, 0.2) is 12.1 Å². The highest BCUT2D eigenvalue weighted by Crippen LogP contribution is 2.38. The summed E-state index contributed by atoms with van der Waals surface area (Å²) in [6, 6.07) is 3.94. The van der Waals surface area contributed by atoms with Crippen LogP contribution in [-0.2, 0) is 16.1 Å². The molecule has 1 amide bonds. The van der Waals surface area contributed by atoms with Gasteiger partial charge in [-0.15, -0.1) is 0 Å². The lowest BCUT2D eigenvalue weighted by Gasteiger charge is -2.53. The van der Waals surface area contributed by atoms with Gasteiger partial charge in [0.05, 0.1) is 19.7 Å². The topological polar surface area (TPSA) is 77.7 Å². The molecule has 2 aromatic rings. The molecular weight excluding hydrogens is 334 g/mol. The summed E-state index contributed by atoms with van der Waals surface area (Å²) in [5.41, 5.74) is 1.31. The van der Waals surface area contributed by atoms with Crippen molar-refractivity contribution in [2.45, 2.75) is 31.5 Å². The van der Waals surface area contributed by atoms with Crippen LogP contribution in [0.5, 0.6) is 0 Å². The number of ether oxygens (including phenoxy) is 2. The number of likely N-dealkylation sites (tertiary alicyclic amines) is 1. The maximum atomic E-state index is 12.3. The SMILES string of the molecule is O=C(c1cocn1)N1CC2(CC(CCOCc3ccncc3)CCO2)C1. The minimum Gasteiger partial charge on any atom is -0.451 e. The molecule has 0 radical (unpaired) electrons. The Kier molecular flexibility index (Phi) is 4.99. The molecule has 2 aliphatic rings. The minimum absolute atomic E-state index is 0.0872. The summed E-state index contributed by atoms with van der Waals surface area (Å²) in [6.45, 7) is 3.38. The van der Waals surface area contributed by atoms with E-state index < -0.39 is 0 Å². The number of hydrogen-bond donors (Lipinski definition) is 0. The molecule has 26 heavy (non-hydrogen) atoms. The smallest absolute Gasteiger partial charge is 0.276 e. The zero-order valence-electron chi connectivity index (χ0n) is 14.7. The van der Waals surface area contributed by atoms with Crippen molar-refractivity contribution in [2.75, 3.05) is 26.3 Å². The Bertz CT molecular complexity index is 714. The van der Waals surface area contributed by atoms with Gasteiger partial charge in [-0.1, -0.05) is 0 Å². The van der Waals surface area contributed by atoms with Crippen LogP contribution in [-0.4, -0.2) is 52.7 Å². The molecule has 0 aliphatic carbocycles. The van der Waals surface area contributed by atoms with Crippen LogP contribution in [0, 0.1) is 5.92 Å². The van der Waals surface area contributed by atoms with E-state index in [1.54, 1.807) is 17.3 Å². The summed E-state index contributed by atoms with van der Waals surface area (Å²) < 4.78 is 16.7. The Morgan fingerprint density at radius 2 is 2.19 bits per heavy atom. The van der Waals surface area contributed by atoms with E-state index in [-0.39, 0.29) is 11.5 Å². The molecule has 0 aromatic carbocycles. The molecule has 4 rings (SSSR count). The van der Waals surface area contributed by atoms with Crippen molar-refractivity contribution in [1.82, 2.24) is 14.9 Å². The maximum absolute atomic E-state index is 12.3. The first-order valence-electron chi connectivity index (χ1n) is 9.02. The molecule has 7 nitrogen and oxygen atoms in total. The van der Waals surface area contributed by atoms with Crippen LogP contribution >= 0.6 is 0 Å². The van der Waals surface area contributed by atoms with Crippen LogP contribution in [0.4, 0.5) is 0 Å². The van der Waals surface area contributed by atoms with Crippen molar-refractivity contribution >= 4 is 5.91 Å². The molecule has 2 fully saturated rings. The highest BCUT2D eigenvalue weighted by atomic mass is 16.5. The van der Waals surface area contributed by atoms with E-state index in [0.29, 0.717) is 31.3 Å². The summed E-state index contributed by atoms with van der Waals surface area (Å²) in [5, 5.41) is 0. The minimum atomic E-state index is -0.187. The molecule has 4 heterocycles. The van der Waals surface area contributed by atoms with Gasteiger partial charge >= 0.3 is 0 Å². The lowest BCUT2D eigenvalue weighted by atomic mass is 9.79. The van der Waals surface area contributed by atoms with E-state index in [1.165, 1.54) is 12.7 Å². The predicted octanol–water partition coefficient (Wildman–Crippen LogP) is 2.30. The zero-order valence-corrected chi connectivity index (χ0v) is 14.7. The number of carbonyl (C=O) groups excluding carboxylic acids is 1. The van der Waals surface area contributed by atoms with Crippen LogP contribution in [0.25, 0.3) is 0 Å². The molecule has 7 heteroatoms. The van der Waals surface area contributed by atoms with Crippen molar-refractivity contribution in [1.29, 1.82) is 0 Å². The third-order valence-electron chi connectivity index (χ3n) is 5.18. The highest BCUT2D eigenvalue weighted by Gasteiger charge is 2.49. The third-order valence-corrected chi connectivity index (χ3v) is 5.18. The highest BCUT2D eigenvalue weighted by molar-refractivity contribution is 5.92. The quantitative estimate of drug-likeness (QED) is 0.738. The first-order valence-corrected chi connectivity index (χ1v) is 9.02. The molecule has 138 valence electrons. The maximum Gasteiger partial charge on any atom is 0.276 e. The monoisotopic (exact) mass is 357 g/mol. The molecule has 1 unspecified atom stereocenters. The van der Waals surface area contributed by atoms with E-state index in [9.17, 15) is 4.79 Å². The fourth-order valence-corrected chi connectivity index (χ4v) is 3.79. The molecular formula is C19H23N3O4. The number of aromatic nitrogens is 2. The van der Waals surface area contributed by atoms with Gasteiger partial charge in [0.2, 0.25) is 0 Å². The lowest BCUT2D eigenvalue weighted by molar-refractivity contribution is -0.167.